The highest BCUT2D eigenvalue weighted by molar-refractivity contribution is 9.24. The van der Waals surface area contributed by atoms with E-state index >= 15 is 0 Å². The van der Waals surface area contributed by atoms with Gasteiger partial charge in [-0.1, -0.05) is 27.7 Å². The Balaban J connectivity index is 4.02. The van der Waals surface area contributed by atoms with Gasteiger partial charge in [-0.15, -0.1) is 15.8 Å². The van der Waals surface area contributed by atoms with Crippen LogP contribution in [0.15, 0.2) is 0 Å². The monoisotopic (exact) mass is 234 g/mol. The lowest BCUT2D eigenvalue weighted by atomic mass is 10.0. The van der Waals surface area contributed by atoms with Crippen molar-refractivity contribution in [2.45, 2.75) is 27.7 Å². The maximum Gasteiger partial charge on any atom is 0.390 e. The molecule has 0 aromatic carbocycles. The van der Waals surface area contributed by atoms with Gasteiger partial charge < -0.3 is 9.62 Å². The highest BCUT2D eigenvalue weighted by atomic mass is 79.9. The second-order valence-electron chi connectivity index (χ2n) is 2.75. The van der Waals surface area contributed by atoms with Crippen molar-refractivity contribution in [1.29, 1.82) is 0 Å². The van der Waals surface area contributed by atoms with Crippen molar-refractivity contribution in [2.75, 3.05) is 26.2 Å². The molecule has 0 aliphatic rings. The summed E-state index contributed by atoms with van der Waals surface area (Å²) in [6.45, 7) is 13.2. The molecule has 0 aromatic rings. The molecule has 0 radical (unpaired) electrons. The average Bonchev–Trinajstić information content (AvgIpc) is 2.09. The van der Waals surface area contributed by atoms with E-state index in [0.29, 0.717) is 5.81 Å². The lowest BCUT2D eigenvalue weighted by Gasteiger charge is -2.30. The molecule has 0 unspecified atom stereocenters. The van der Waals surface area contributed by atoms with Crippen LogP contribution in [0.2, 0.25) is 0 Å². The number of rotatable bonds is 6. The van der Waals surface area contributed by atoms with Crippen molar-refractivity contribution < 1.29 is 0 Å². The minimum absolute atomic E-state index is 0.405. The lowest BCUT2D eigenvalue weighted by Crippen LogP contribution is -2.48. The van der Waals surface area contributed by atoms with Crippen LogP contribution in [0.3, 0.4) is 0 Å². The summed E-state index contributed by atoms with van der Waals surface area (Å²) in [7, 11) is 0. The summed E-state index contributed by atoms with van der Waals surface area (Å²) in [6.07, 6.45) is 0. The van der Waals surface area contributed by atoms with E-state index in [1.165, 1.54) is 0 Å². The van der Waals surface area contributed by atoms with Gasteiger partial charge in [0.25, 0.3) is 0 Å². The van der Waals surface area contributed by atoms with Gasteiger partial charge in [-0.05, 0) is 26.2 Å². The van der Waals surface area contributed by atoms with Gasteiger partial charge in [0, 0.05) is 0 Å². The Hall–Kier alpha value is 0.465. The molecular weight excluding hydrogens is 215 g/mol. The van der Waals surface area contributed by atoms with Gasteiger partial charge in [0.1, 0.15) is 0 Å². The molecule has 0 bridgehead atoms. The Labute approximate surface area is 85.4 Å². The molecule has 72 valence electrons. The Morgan fingerprint density at radius 3 is 1.25 bits per heavy atom. The zero-order valence-electron chi connectivity index (χ0n) is 8.68. The normalized spacial score (nSPS) is 11.2. The summed E-state index contributed by atoms with van der Waals surface area (Å²) in [5.41, 5.74) is 0. The fraction of sp³-hybridized carbons (Fsp3) is 1.00. The molecule has 0 aliphatic heterocycles. The highest BCUT2D eigenvalue weighted by Crippen LogP contribution is 2.07. The van der Waals surface area contributed by atoms with Crippen LogP contribution in [0.4, 0.5) is 0 Å². The van der Waals surface area contributed by atoms with Crippen molar-refractivity contribution in [3.05, 3.63) is 0 Å². The van der Waals surface area contributed by atoms with Gasteiger partial charge in [-0.25, -0.2) is 0 Å². The second kappa shape index (κ2) is 6.93. The Morgan fingerprint density at radius 2 is 1.08 bits per heavy atom. The summed E-state index contributed by atoms with van der Waals surface area (Å²) in [4.78, 5) is 4.79. The lowest BCUT2D eigenvalue weighted by molar-refractivity contribution is 0.396. The zero-order chi connectivity index (χ0) is 9.56. The van der Waals surface area contributed by atoms with Gasteiger partial charge in [0.15, 0.2) is 0 Å². The molecule has 0 saturated heterocycles. The SMILES string of the molecule is CCN(CC)B(Br)N(CC)CC. The molecule has 0 saturated carbocycles. The number of hydrogen-bond donors (Lipinski definition) is 0. The largest absolute Gasteiger partial charge is 0.390 e. The molecule has 0 spiro atoms. The number of hydrogen-bond acceptors (Lipinski definition) is 2. The van der Waals surface area contributed by atoms with E-state index in [9.17, 15) is 0 Å². The molecular formula is C8H20BBrN2. The summed E-state index contributed by atoms with van der Waals surface area (Å²) in [5, 5.41) is 0. The average molecular weight is 235 g/mol. The molecule has 4 heteroatoms. The molecule has 0 N–H and O–H groups in total. The quantitative estimate of drug-likeness (QED) is 0.650. The fourth-order valence-electron chi connectivity index (χ4n) is 1.28. The Bertz CT molecular complexity index is 93.2. The zero-order valence-corrected chi connectivity index (χ0v) is 10.3. The van der Waals surface area contributed by atoms with Gasteiger partial charge in [0.05, 0.1) is 0 Å². The summed E-state index contributed by atoms with van der Waals surface area (Å²) >= 11 is 3.70. The molecule has 0 aromatic heterocycles. The van der Waals surface area contributed by atoms with Gasteiger partial charge in [-0.2, -0.15) is 0 Å². The molecule has 0 fully saturated rings. The number of halogens is 1. The second-order valence-corrected chi connectivity index (χ2v) is 3.57. The predicted molar refractivity (Wildman–Crippen MR) is 60.5 cm³/mol. The van der Waals surface area contributed by atoms with Crippen LogP contribution in [0.25, 0.3) is 0 Å². The van der Waals surface area contributed by atoms with Gasteiger partial charge in [0.2, 0.25) is 0 Å². The fourth-order valence-corrected chi connectivity index (χ4v) is 2.44. The van der Waals surface area contributed by atoms with E-state index in [1.54, 1.807) is 0 Å². The van der Waals surface area contributed by atoms with Crippen LogP contribution in [0.5, 0.6) is 0 Å². The first-order chi connectivity index (χ1) is 5.71. The van der Waals surface area contributed by atoms with Gasteiger partial charge >= 0.3 is 5.81 Å². The first-order valence-corrected chi connectivity index (χ1v) is 5.74. The highest BCUT2D eigenvalue weighted by Gasteiger charge is 2.23. The minimum Gasteiger partial charge on any atom is -0.319 e. The topological polar surface area (TPSA) is 6.48 Å². The molecule has 0 rings (SSSR count). The maximum atomic E-state index is 3.70. The smallest absolute Gasteiger partial charge is 0.319 e. The molecule has 0 atom stereocenters. The third-order valence-electron chi connectivity index (χ3n) is 2.23. The van der Waals surface area contributed by atoms with E-state index < -0.39 is 0 Å². The molecule has 12 heavy (non-hydrogen) atoms. The number of nitrogens with zero attached hydrogens (tertiary/aromatic N) is 2. The first-order valence-electron chi connectivity index (χ1n) is 4.83. The van der Waals surface area contributed by atoms with E-state index in [4.69, 9.17) is 0 Å². The maximum absolute atomic E-state index is 3.70. The van der Waals surface area contributed by atoms with Crippen LogP contribution in [-0.2, 0) is 0 Å². The molecule has 0 amide bonds. The van der Waals surface area contributed by atoms with Crippen molar-refractivity contribution in [1.82, 2.24) is 9.62 Å². The van der Waals surface area contributed by atoms with E-state index in [-0.39, 0.29) is 0 Å². The van der Waals surface area contributed by atoms with Crippen molar-refractivity contribution in [2.24, 2.45) is 0 Å². The van der Waals surface area contributed by atoms with Crippen LogP contribution in [-0.4, -0.2) is 41.6 Å². The van der Waals surface area contributed by atoms with Crippen molar-refractivity contribution >= 4 is 21.6 Å². The van der Waals surface area contributed by atoms with Crippen LogP contribution in [0, 0.1) is 0 Å². The molecule has 0 aliphatic carbocycles. The molecule has 0 heterocycles. The van der Waals surface area contributed by atoms with E-state index in [1.807, 2.05) is 0 Å². The Morgan fingerprint density at radius 1 is 0.833 bits per heavy atom. The predicted octanol–water partition coefficient (Wildman–Crippen LogP) is 2.05. The van der Waals surface area contributed by atoms with Crippen LogP contribution < -0.4 is 0 Å². The third-order valence-corrected chi connectivity index (χ3v) is 3.39. The van der Waals surface area contributed by atoms with Crippen LogP contribution in [0.1, 0.15) is 27.7 Å². The van der Waals surface area contributed by atoms with Gasteiger partial charge in [-0.3, -0.25) is 0 Å². The van der Waals surface area contributed by atoms with Crippen molar-refractivity contribution in [3.8, 4) is 0 Å². The Kier molecular flexibility index (Phi) is 7.19. The summed E-state index contributed by atoms with van der Waals surface area (Å²) in [6, 6.07) is 0. The summed E-state index contributed by atoms with van der Waals surface area (Å²) < 4.78 is 0. The summed E-state index contributed by atoms with van der Waals surface area (Å²) in [5.74, 6) is 0.405. The third kappa shape index (κ3) is 3.46. The molecule has 2 nitrogen and oxygen atoms in total. The van der Waals surface area contributed by atoms with Crippen LogP contribution >= 0.6 is 15.8 Å². The van der Waals surface area contributed by atoms with E-state index in [0.717, 1.165) is 26.2 Å². The van der Waals surface area contributed by atoms with E-state index in [2.05, 4.69) is 53.1 Å². The minimum atomic E-state index is 0.405. The van der Waals surface area contributed by atoms with Crippen molar-refractivity contribution in [3.63, 3.8) is 0 Å². The first kappa shape index (κ1) is 12.5. The standard InChI is InChI=1S/C8H20BBrN2/c1-5-11(6-2)9(10)12(7-3)8-4/h5-8H2,1-4H3.